The summed E-state index contributed by atoms with van der Waals surface area (Å²) in [7, 11) is 0. The summed E-state index contributed by atoms with van der Waals surface area (Å²) in [4.78, 5) is 40.4. The van der Waals surface area contributed by atoms with Gasteiger partial charge in [-0.1, -0.05) is 12.1 Å². The second-order valence-electron chi connectivity index (χ2n) is 5.53. The molecule has 1 heterocycles. The summed E-state index contributed by atoms with van der Waals surface area (Å²) in [5.41, 5.74) is 1.84. The van der Waals surface area contributed by atoms with Gasteiger partial charge in [-0.3, -0.25) is 4.98 Å². The van der Waals surface area contributed by atoms with Crippen LogP contribution in [-0.4, -0.2) is 74.5 Å². The number of para-hydroxylation sites is 1. The van der Waals surface area contributed by atoms with Crippen molar-refractivity contribution in [1.82, 2.24) is 10.3 Å². The molecule has 0 saturated heterocycles. The van der Waals surface area contributed by atoms with Gasteiger partial charge in [-0.15, -0.1) is 0 Å². The van der Waals surface area contributed by atoms with Crippen molar-refractivity contribution in [3.05, 3.63) is 59.9 Å². The van der Waals surface area contributed by atoms with Gasteiger partial charge in [0, 0.05) is 18.9 Å². The molecule has 0 bridgehead atoms. The van der Waals surface area contributed by atoms with Crippen LogP contribution in [0.2, 0.25) is 0 Å². The third kappa shape index (κ3) is 15.9. The predicted octanol–water partition coefficient (Wildman–Crippen LogP) is -0.349. The standard InChI is InChI=1S/C16H17N3O.2C2H2O4.H2O/c17-13-15-3-1-2-4-16(15)20-12-11-19-10-7-14-5-8-18-9-6-14;2*3-1(4)2(5)6;/h1-6,8-9,19H,7,10-12H2;2*(H,3,4)(H,5,6);1H2. The van der Waals surface area contributed by atoms with Gasteiger partial charge in [0.15, 0.2) is 0 Å². The molecule has 0 aliphatic rings. The van der Waals surface area contributed by atoms with E-state index >= 15 is 0 Å². The van der Waals surface area contributed by atoms with Crippen LogP contribution in [-0.2, 0) is 25.6 Å². The number of carboxylic acids is 4. The maximum absolute atomic E-state index is 9.10. The number of aliphatic carboxylic acids is 4. The normalized spacial score (nSPS) is 8.70. The van der Waals surface area contributed by atoms with E-state index in [-0.39, 0.29) is 5.48 Å². The molecule has 0 spiro atoms. The lowest BCUT2D eigenvalue weighted by atomic mass is 10.2. The molecule has 0 radical (unpaired) electrons. The molecule has 7 N–H and O–H groups in total. The highest BCUT2D eigenvalue weighted by Gasteiger charge is 2.04. The van der Waals surface area contributed by atoms with E-state index in [4.69, 9.17) is 49.6 Å². The number of aromatic nitrogens is 1. The minimum atomic E-state index is -1.82. The third-order valence-electron chi connectivity index (χ3n) is 3.25. The Bertz CT molecular complexity index is 881. The number of hydrogen-bond donors (Lipinski definition) is 5. The van der Waals surface area contributed by atoms with Crippen molar-refractivity contribution in [1.29, 1.82) is 5.26 Å². The van der Waals surface area contributed by atoms with Crippen LogP contribution >= 0.6 is 0 Å². The first kappa shape index (κ1) is 30.7. The quantitative estimate of drug-likeness (QED) is 0.260. The van der Waals surface area contributed by atoms with E-state index in [0.717, 1.165) is 19.5 Å². The summed E-state index contributed by atoms with van der Waals surface area (Å²) in [6, 6.07) is 13.4. The number of pyridine rings is 1. The second kappa shape index (κ2) is 18.2. The number of nitrogens with zero attached hydrogens (tertiary/aromatic N) is 2. The summed E-state index contributed by atoms with van der Waals surface area (Å²) < 4.78 is 5.59. The number of nitrogens with one attached hydrogen (secondary N) is 1. The fourth-order valence-corrected chi connectivity index (χ4v) is 1.83. The van der Waals surface area contributed by atoms with Crippen LogP contribution in [0.3, 0.4) is 0 Å². The van der Waals surface area contributed by atoms with Gasteiger partial charge >= 0.3 is 23.9 Å². The Hall–Kier alpha value is -4.54. The molecule has 0 unspecified atom stereocenters. The van der Waals surface area contributed by atoms with E-state index in [2.05, 4.69) is 16.4 Å². The lowest BCUT2D eigenvalue weighted by molar-refractivity contribution is -0.159. The molecule has 2 aromatic rings. The topological polar surface area (TPSA) is 239 Å². The molecule has 0 aliphatic carbocycles. The zero-order valence-corrected chi connectivity index (χ0v) is 17.2. The molecule has 178 valence electrons. The van der Waals surface area contributed by atoms with Crippen molar-refractivity contribution in [2.45, 2.75) is 6.42 Å². The lowest BCUT2D eigenvalue weighted by Crippen LogP contribution is -2.23. The predicted molar refractivity (Wildman–Crippen MR) is 112 cm³/mol. The Balaban J connectivity index is 0. The Morgan fingerprint density at radius 3 is 1.88 bits per heavy atom. The van der Waals surface area contributed by atoms with Gasteiger partial charge < -0.3 is 36.0 Å². The highest BCUT2D eigenvalue weighted by Crippen LogP contribution is 2.15. The molecule has 0 aliphatic heterocycles. The summed E-state index contributed by atoms with van der Waals surface area (Å²) in [5.74, 6) is -6.65. The molecule has 1 aromatic carbocycles. The van der Waals surface area contributed by atoms with Crippen molar-refractivity contribution in [2.75, 3.05) is 19.7 Å². The number of benzene rings is 1. The van der Waals surface area contributed by atoms with Crippen molar-refractivity contribution >= 4 is 23.9 Å². The number of rotatable bonds is 7. The monoisotopic (exact) mass is 465 g/mol. The molecule has 13 nitrogen and oxygen atoms in total. The van der Waals surface area contributed by atoms with Crippen LogP contribution < -0.4 is 10.1 Å². The van der Waals surface area contributed by atoms with E-state index in [1.807, 2.05) is 30.3 Å². The molecule has 0 atom stereocenters. The van der Waals surface area contributed by atoms with Gasteiger partial charge in [-0.2, -0.15) is 5.26 Å². The zero-order valence-electron chi connectivity index (χ0n) is 17.2. The molecular weight excluding hydrogens is 442 g/mol. The minimum absolute atomic E-state index is 0. The van der Waals surface area contributed by atoms with Gasteiger partial charge in [0.25, 0.3) is 0 Å². The first-order chi connectivity index (χ1) is 15.2. The van der Waals surface area contributed by atoms with Crippen LogP contribution in [0.1, 0.15) is 11.1 Å². The molecule has 0 amide bonds. The van der Waals surface area contributed by atoms with Crippen LogP contribution in [0.4, 0.5) is 0 Å². The summed E-state index contributed by atoms with van der Waals surface area (Å²) >= 11 is 0. The summed E-state index contributed by atoms with van der Waals surface area (Å²) in [5, 5.41) is 41.8. The first-order valence-electron chi connectivity index (χ1n) is 8.83. The average molecular weight is 465 g/mol. The number of carbonyl (C=O) groups is 4. The maximum Gasteiger partial charge on any atom is 0.414 e. The Morgan fingerprint density at radius 2 is 1.39 bits per heavy atom. The molecular formula is C20H23N3O10. The number of ether oxygens (including phenoxy) is 1. The fourth-order valence-electron chi connectivity index (χ4n) is 1.83. The lowest BCUT2D eigenvalue weighted by Gasteiger charge is -2.08. The third-order valence-corrected chi connectivity index (χ3v) is 3.25. The summed E-state index contributed by atoms with van der Waals surface area (Å²) in [6.45, 7) is 2.20. The smallest absolute Gasteiger partial charge is 0.414 e. The number of hydrogen-bond acceptors (Lipinski definition) is 8. The van der Waals surface area contributed by atoms with E-state index in [1.165, 1.54) is 5.56 Å². The van der Waals surface area contributed by atoms with E-state index in [9.17, 15) is 0 Å². The zero-order chi connectivity index (χ0) is 24.4. The van der Waals surface area contributed by atoms with Crippen molar-refractivity contribution in [2.24, 2.45) is 0 Å². The summed E-state index contributed by atoms with van der Waals surface area (Å²) in [6.07, 6.45) is 4.58. The average Bonchev–Trinajstić information content (AvgIpc) is 2.77. The van der Waals surface area contributed by atoms with Gasteiger partial charge in [-0.25, -0.2) is 19.2 Å². The van der Waals surface area contributed by atoms with Crippen LogP contribution in [0.5, 0.6) is 5.75 Å². The Labute approximate surface area is 187 Å². The van der Waals surface area contributed by atoms with E-state index < -0.39 is 23.9 Å². The van der Waals surface area contributed by atoms with Crippen LogP contribution in [0.15, 0.2) is 48.8 Å². The van der Waals surface area contributed by atoms with Crippen molar-refractivity contribution < 1.29 is 49.8 Å². The molecule has 33 heavy (non-hydrogen) atoms. The largest absolute Gasteiger partial charge is 0.491 e. The van der Waals surface area contributed by atoms with Gasteiger partial charge in [0.2, 0.25) is 0 Å². The molecule has 1 aromatic heterocycles. The second-order valence-corrected chi connectivity index (χ2v) is 5.53. The van der Waals surface area contributed by atoms with Gasteiger partial charge in [0.1, 0.15) is 18.4 Å². The van der Waals surface area contributed by atoms with Crippen LogP contribution in [0, 0.1) is 11.3 Å². The highest BCUT2D eigenvalue weighted by atomic mass is 16.5. The fraction of sp³-hybridized carbons (Fsp3) is 0.200. The van der Waals surface area contributed by atoms with Gasteiger partial charge in [-0.05, 0) is 42.8 Å². The first-order valence-corrected chi connectivity index (χ1v) is 8.83. The Morgan fingerprint density at radius 1 is 0.879 bits per heavy atom. The van der Waals surface area contributed by atoms with Crippen molar-refractivity contribution in [3.63, 3.8) is 0 Å². The van der Waals surface area contributed by atoms with Crippen LogP contribution in [0.25, 0.3) is 0 Å². The Kier molecular flexibility index (Phi) is 16.9. The van der Waals surface area contributed by atoms with E-state index in [1.54, 1.807) is 18.5 Å². The molecule has 0 fully saturated rings. The maximum atomic E-state index is 9.10. The molecule has 13 heteroatoms. The van der Waals surface area contributed by atoms with E-state index in [0.29, 0.717) is 17.9 Å². The number of carboxylic acid groups (broad SMARTS) is 4. The SMILES string of the molecule is N#Cc1ccccc1OCCNCCc1ccncc1.O.O=C(O)C(=O)O.O=C(O)C(=O)O. The highest BCUT2D eigenvalue weighted by molar-refractivity contribution is 6.27. The van der Waals surface area contributed by atoms with Crippen molar-refractivity contribution in [3.8, 4) is 11.8 Å². The molecule has 0 saturated carbocycles. The molecule has 2 rings (SSSR count). The van der Waals surface area contributed by atoms with Gasteiger partial charge in [0.05, 0.1) is 5.56 Å². The number of nitriles is 1. The minimum Gasteiger partial charge on any atom is -0.491 e.